The lowest BCUT2D eigenvalue weighted by atomic mass is 10.0. The Morgan fingerprint density at radius 2 is 1.77 bits per heavy atom. The van der Waals surface area contributed by atoms with Crippen molar-refractivity contribution in [3.8, 4) is 11.3 Å². The molecule has 0 radical (unpaired) electrons. The first-order valence-corrected chi connectivity index (χ1v) is 10.4. The third-order valence-electron chi connectivity index (χ3n) is 4.18. The van der Waals surface area contributed by atoms with Gasteiger partial charge in [0.05, 0.1) is 19.6 Å². The van der Waals surface area contributed by atoms with Crippen LogP contribution in [0.5, 0.6) is 0 Å². The van der Waals surface area contributed by atoms with Gasteiger partial charge in [0.25, 0.3) is 0 Å². The predicted molar refractivity (Wildman–Crippen MR) is 116 cm³/mol. The minimum absolute atomic E-state index is 0.104. The first-order chi connectivity index (χ1) is 14.5. The quantitative estimate of drug-likeness (QED) is 0.406. The van der Waals surface area contributed by atoms with Crippen LogP contribution < -0.4 is 10.6 Å². The summed E-state index contributed by atoms with van der Waals surface area (Å²) in [5.74, 6) is -2.21. The lowest BCUT2D eigenvalue weighted by molar-refractivity contribution is -0.142. The Morgan fingerprint density at radius 3 is 2.37 bits per heavy atom. The number of carbonyl (C=O) groups is 3. The minimum Gasteiger partial charge on any atom is -0.469 e. The lowest BCUT2D eigenvalue weighted by Gasteiger charge is -2.18. The maximum absolute atomic E-state index is 12.4. The fourth-order valence-electron chi connectivity index (χ4n) is 2.62. The van der Waals surface area contributed by atoms with E-state index in [9.17, 15) is 14.4 Å². The summed E-state index contributed by atoms with van der Waals surface area (Å²) >= 11 is 4.58. The van der Waals surface area contributed by atoms with E-state index in [1.54, 1.807) is 48.5 Å². The molecular formula is C20H17BrN4O4S. The summed E-state index contributed by atoms with van der Waals surface area (Å²) in [4.78, 5) is 36.5. The predicted octanol–water partition coefficient (Wildman–Crippen LogP) is 3.33. The van der Waals surface area contributed by atoms with Gasteiger partial charge in [0.15, 0.2) is 0 Å². The van der Waals surface area contributed by atoms with Crippen LogP contribution in [-0.4, -0.2) is 34.5 Å². The number of anilines is 1. The van der Waals surface area contributed by atoms with E-state index < -0.39 is 23.8 Å². The molecule has 3 aromatic rings. The van der Waals surface area contributed by atoms with Crippen molar-refractivity contribution in [2.75, 3.05) is 12.4 Å². The average molecular weight is 489 g/mol. The van der Waals surface area contributed by atoms with Crippen molar-refractivity contribution in [2.24, 2.45) is 0 Å². The molecule has 0 aliphatic carbocycles. The smallest absolute Gasteiger partial charge is 0.313 e. The summed E-state index contributed by atoms with van der Waals surface area (Å²) in [7, 11) is 1.26. The van der Waals surface area contributed by atoms with Gasteiger partial charge in [0, 0.05) is 21.1 Å². The Kier molecular flexibility index (Phi) is 7.26. The number of nitrogens with one attached hydrogen (secondary N) is 2. The zero-order chi connectivity index (χ0) is 21.5. The molecule has 1 aromatic heterocycles. The van der Waals surface area contributed by atoms with Crippen LogP contribution in [0.3, 0.4) is 0 Å². The van der Waals surface area contributed by atoms with E-state index in [2.05, 4.69) is 36.2 Å². The average Bonchev–Trinajstić information content (AvgIpc) is 3.29. The van der Waals surface area contributed by atoms with Crippen LogP contribution in [0.1, 0.15) is 18.0 Å². The van der Waals surface area contributed by atoms with Crippen molar-refractivity contribution >= 4 is 50.9 Å². The van der Waals surface area contributed by atoms with Crippen LogP contribution in [0, 0.1) is 0 Å². The van der Waals surface area contributed by atoms with Crippen molar-refractivity contribution in [3.63, 3.8) is 0 Å². The molecule has 0 saturated heterocycles. The van der Waals surface area contributed by atoms with Gasteiger partial charge in [-0.3, -0.25) is 14.4 Å². The molecule has 0 aliphatic rings. The molecule has 0 aliphatic heterocycles. The largest absolute Gasteiger partial charge is 0.469 e. The number of methoxy groups -OCH3 is 1. The number of amides is 2. The molecule has 1 heterocycles. The van der Waals surface area contributed by atoms with Crippen molar-refractivity contribution in [1.82, 2.24) is 14.9 Å². The summed E-state index contributed by atoms with van der Waals surface area (Å²) < 4.78 is 9.36. The number of ether oxygens (including phenoxy) is 1. The second-order valence-corrected chi connectivity index (χ2v) is 7.70. The van der Waals surface area contributed by atoms with E-state index in [1.165, 1.54) is 18.6 Å². The van der Waals surface area contributed by atoms with E-state index in [0.717, 1.165) is 15.7 Å². The number of nitrogens with zero attached hydrogens (tertiary/aromatic N) is 2. The third kappa shape index (κ3) is 5.71. The van der Waals surface area contributed by atoms with Crippen molar-refractivity contribution < 1.29 is 19.1 Å². The summed E-state index contributed by atoms with van der Waals surface area (Å²) in [6.07, 6.45) is -0.104. The normalized spacial score (nSPS) is 11.4. The highest BCUT2D eigenvalue weighted by Gasteiger charge is 2.23. The molecule has 0 spiro atoms. The van der Waals surface area contributed by atoms with Crippen molar-refractivity contribution in [3.05, 3.63) is 63.9 Å². The lowest BCUT2D eigenvalue weighted by Crippen LogP contribution is -2.38. The Morgan fingerprint density at radius 1 is 1.07 bits per heavy atom. The molecule has 0 unspecified atom stereocenters. The van der Waals surface area contributed by atoms with Crippen LogP contribution in [0.2, 0.25) is 0 Å². The molecule has 10 heteroatoms. The molecular weight excluding hydrogens is 472 g/mol. The molecule has 2 aromatic carbocycles. The summed E-state index contributed by atoms with van der Waals surface area (Å²) in [6.45, 7) is 0. The zero-order valence-electron chi connectivity index (χ0n) is 15.8. The summed E-state index contributed by atoms with van der Waals surface area (Å²) in [5, 5.41) is 10.9. The molecule has 0 saturated carbocycles. The minimum atomic E-state index is -0.861. The van der Waals surface area contributed by atoms with Crippen molar-refractivity contribution in [2.45, 2.75) is 12.5 Å². The Hall–Kier alpha value is -3.11. The summed E-state index contributed by atoms with van der Waals surface area (Å²) in [5.41, 5.74) is 2.71. The monoisotopic (exact) mass is 488 g/mol. The molecule has 8 nitrogen and oxygen atoms in total. The first kappa shape index (κ1) is 21.6. The van der Waals surface area contributed by atoms with Gasteiger partial charge < -0.3 is 15.4 Å². The Balaban J connectivity index is 1.66. The van der Waals surface area contributed by atoms with E-state index in [0.29, 0.717) is 11.3 Å². The Labute approximate surface area is 184 Å². The van der Waals surface area contributed by atoms with E-state index in [4.69, 9.17) is 4.74 Å². The van der Waals surface area contributed by atoms with E-state index >= 15 is 0 Å². The number of rotatable bonds is 6. The standard InChI is InChI=1S/C20H17BrN4O4S/c1-29-18(26)10-16(12-2-6-14(21)7-3-12)23-20(28)19(27)22-15-8-4-13(5-9-15)17-11-30-25-24-17/h2-9,11,16H,10H2,1H3,(H,22,27)(H,23,28)/t16-/m0/s1. The topological polar surface area (TPSA) is 110 Å². The second-order valence-electron chi connectivity index (χ2n) is 6.18. The number of carbonyl (C=O) groups excluding carboxylic acids is 3. The third-order valence-corrected chi connectivity index (χ3v) is 5.21. The fraction of sp³-hybridized carbons (Fsp3) is 0.150. The molecule has 0 bridgehead atoms. The SMILES string of the molecule is COC(=O)C[C@H](NC(=O)C(=O)Nc1ccc(-c2csnn2)cc1)c1ccc(Br)cc1. The first-order valence-electron chi connectivity index (χ1n) is 8.78. The highest BCUT2D eigenvalue weighted by molar-refractivity contribution is 9.10. The van der Waals surface area contributed by atoms with Crippen LogP contribution in [0.4, 0.5) is 5.69 Å². The number of benzene rings is 2. The van der Waals surface area contributed by atoms with Crippen molar-refractivity contribution in [1.29, 1.82) is 0 Å². The van der Waals surface area contributed by atoms with Gasteiger partial charge >= 0.3 is 17.8 Å². The molecule has 2 N–H and O–H groups in total. The van der Waals surface area contributed by atoms with Gasteiger partial charge in [-0.1, -0.05) is 44.7 Å². The number of hydrogen-bond donors (Lipinski definition) is 2. The van der Waals surface area contributed by atoms with Gasteiger partial charge in [-0.2, -0.15) is 0 Å². The molecule has 30 heavy (non-hydrogen) atoms. The van der Waals surface area contributed by atoms with Gasteiger partial charge in [-0.15, -0.1) is 5.10 Å². The van der Waals surface area contributed by atoms with E-state index in [-0.39, 0.29) is 6.42 Å². The van der Waals surface area contributed by atoms with Crippen LogP contribution in [0.25, 0.3) is 11.3 Å². The zero-order valence-corrected chi connectivity index (χ0v) is 18.2. The van der Waals surface area contributed by atoms with Crippen LogP contribution in [0.15, 0.2) is 58.4 Å². The van der Waals surface area contributed by atoms with Gasteiger partial charge in [0.1, 0.15) is 5.69 Å². The molecule has 1 atom stereocenters. The summed E-state index contributed by atoms with van der Waals surface area (Å²) in [6, 6.07) is 13.2. The number of aromatic nitrogens is 2. The highest BCUT2D eigenvalue weighted by Crippen LogP contribution is 2.21. The maximum atomic E-state index is 12.4. The van der Waals surface area contributed by atoms with Crippen LogP contribution >= 0.6 is 27.5 Å². The fourth-order valence-corrected chi connectivity index (χ4v) is 3.35. The Bertz CT molecular complexity index is 1020. The van der Waals surface area contributed by atoms with E-state index in [1.807, 2.05) is 5.38 Å². The maximum Gasteiger partial charge on any atom is 0.313 e. The highest BCUT2D eigenvalue weighted by atomic mass is 79.9. The number of halogens is 1. The number of esters is 1. The van der Waals surface area contributed by atoms with Gasteiger partial charge in [-0.05, 0) is 41.4 Å². The van der Waals surface area contributed by atoms with Crippen LogP contribution in [-0.2, 0) is 19.1 Å². The molecule has 154 valence electrons. The second kappa shape index (κ2) is 10.1. The molecule has 2 amide bonds. The van der Waals surface area contributed by atoms with Gasteiger partial charge in [0.2, 0.25) is 0 Å². The molecule has 3 rings (SSSR count). The van der Waals surface area contributed by atoms with Gasteiger partial charge in [-0.25, -0.2) is 0 Å². The number of hydrogen-bond acceptors (Lipinski definition) is 7. The molecule has 0 fully saturated rings.